The van der Waals surface area contributed by atoms with E-state index in [1.165, 1.54) is 34.6 Å². The molecule has 0 aliphatic carbocycles. The monoisotopic (exact) mass is 978 g/mol. The number of nitrogens with zero attached hydrogens (tertiary/aromatic N) is 6. The zero-order valence-electron chi connectivity index (χ0n) is 41.0. The van der Waals surface area contributed by atoms with Gasteiger partial charge < -0.3 is 29.1 Å². The summed E-state index contributed by atoms with van der Waals surface area (Å²) < 4.78 is 70.3. The third kappa shape index (κ3) is 14.7. The second kappa shape index (κ2) is 23.6. The van der Waals surface area contributed by atoms with Crippen LogP contribution in [0.4, 0.5) is 8.78 Å². The number of phenolic OH excluding ortho intramolecular Hbond substituents is 1. The zero-order chi connectivity index (χ0) is 51.4. The van der Waals surface area contributed by atoms with E-state index in [9.17, 15) is 41.5 Å². The molecule has 3 aromatic carbocycles. The summed E-state index contributed by atoms with van der Waals surface area (Å²) in [4.78, 5) is 61.9. The van der Waals surface area contributed by atoms with Crippen LogP contribution in [0.2, 0.25) is 0 Å². The van der Waals surface area contributed by atoms with Gasteiger partial charge in [0, 0.05) is 14.1 Å². The van der Waals surface area contributed by atoms with E-state index in [1.807, 2.05) is 13.8 Å². The van der Waals surface area contributed by atoms with Crippen molar-refractivity contribution in [2.45, 2.75) is 104 Å². The Morgan fingerprint density at radius 1 is 0.696 bits per heavy atom. The number of phenols is 1. The Labute approximate surface area is 402 Å². The molecular formula is C49H62F2N6O11S. The third-order valence-electron chi connectivity index (χ3n) is 9.60. The smallest absolute Gasteiger partial charge is 0.359 e. The van der Waals surface area contributed by atoms with Crippen LogP contribution in [-0.2, 0) is 36.9 Å². The number of esters is 2. The Morgan fingerprint density at radius 2 is 1.16 bits per heavy atom. The summed E-state index contributed by atoms with van der Waals surface area (Å²) in [6.45, 7) is 16.0. The van der Waals surface area contributed by atoms with Crippen LogP contribution in [0.5, 0.6) is 11.5 Å². The molecule has 69 heavy (non-hydrogen) atoms. The fourth-order valence-electron chi connectivity index (χ4n) is 6.48. The van der Waals surface area contributed by atoms with Gasteiger partial charge in [0.05, 0.1) is 65.2 Å². The van der Waals surface area contributed by atoms with Crippen LogP contribution in [0.25, 0.3) is 11.4 Å². The number of hydrogen-bond donors (Lipinski definition) is 1. The van der Waals surface area contributed by atoms with Gasteiger partial charge in [0.15, 0.2) is 11.4 Å². The van der Waals surface area contributed by atoms with Crippen molar-refractivity contribution in [1.29, 1.82) is 0 Å². The summed E-state index contributed by atoms with van der Waals surface area (Å²) in [6.07, 6.45) is 4.34. The number of carbonyl (C=O) groups excluding carboxylic acids is 4. The number of rotatable bonds is 10. The van der Waals surface area contributed by atoms with Gasteiger partial charge in [0.2, 0.25) is 0 Å². The van der Waals surface area contributed by atoms with Gasteiger partial charge in [-0.1, -0.05) is 31.5 Å². The Bertz CT molecular complexity index is 2700. The molecule has 5 aromatic rings. The molecule has 17 nitrogen and oxygen atoms in total. The number of ether oxygens (including phenoxy) is 3. The average Bonchev–Trinajstić information content (AvgIpc) is 3.86. The minimum absolute atomic E-state index is 0.00595. The molecule has 2 aromatic heterocycles. The lowest BCUT2D eigenvalue weighted by molar-refractivity contribution is 0.00488. The largest absolute Gasteiger partial charge is 0.508 e. The highest BCUT2D eigenvalue weighted by Crippen LogP contribution is 2.31. The van der Waals surface area contributed by atoms with Crippen molar-refractivity contribution in [3.8, 4) is 22.9 Å². The number of halogens is 2. The molecule has 0 saturated heterocycles. The van der Waals surface area contributed by atoms with E-state index >= 15 is 0 Å². The Hall–Kier alpha value is -6.67. The average molecular weight is 979 g/mol. The van der Waals surface area contributed by atoms with Gasteiger partial charge in [-0.3, -0.25) is 27.3 Å². The molecule has 0 fully saturated rings. The van der Waals surface area contributed by atoms with Crippen LogP contribution in [0.15, 0.2) is 78.2 Å². The van der Waals surface area contributed by atoms with Crippen LogP contribution >= 0.6 is 0 Å². The molecule has 7 rings (SSSR count). The maximum Gasteiger partial charge on any atom is 0.359 e. The van der Waals surface area contributed by atoms with E-state index < -0.39 is 39.9 Å². The number of aryl methyl sites for hydroxylation is 1. The Kier molecular flexibility index (Phi) is 18.8. The molecule has 0 bridgehead atoms. The van der Waals surface area contributed by atoms with E-state index in [-0.39, 0.29) is 66.8 Å². The van der Waals surface area contributed by atoms with Crippen LogP contribution in [-0.4, -0.2) is 118 Å². The van der Waals surface area contributed by atoms with Crippen molar-refractivity contribution >= 4 is 33.9 Å². The van der Waals surface area contributed by atoms with E-state index in [0.29, 0.717) is 52.5 Å². The molecule has 0 spiro atoms. The van der Waals surface area contributed by atoms with Crippen molar-refractivity contribution in [2.24, 2.45) is 0 Å². The van der Waals surface area contributed by atoms with E-state index in [0.717, 1.165) is 5.56 Å². The molecule has 2 aliphatic rings. The van der Waals surface area contributed by atoms with Crippen molar-refractivity contribution in [3.05, 3.63) is 113 Å². The highest BCUT2D eigenvalue weighted by molar-refractivity contribution is 7.86. The van der Waals surface area contributed by atoms with Gasteiger partial charge >= 0.3 is 11.9 Å². The predicted molar refractivity (Wildman–Crippen MR) is 253 cm³/mol. The van der Waals surface area contributed by atoms with Crippen molar-refractivity contribution in [1.82, 2.24) is 28.9 Å². The van der Waals surface area contributed by atoms with Gasteiger partial charge in [-0.05, 0) is 110 Å². The van der Waals surface area contributed by atoms with Gasteiger partial charge in [0.25, 0.3) is 21.9 Å². The van der Waals surface area contributed by atoms with Gasteiger partial charge in [0.1, 0.15) is 48.6 Å². The number of amides is 2. The highest BCUT2D eigenvalue weighted by Gasteiger charge is 2.32. The second-order valence-electron chi connectivity index (χ2n) is 17.8. The first kappa shape index (κ1) is 54.9. The molecule has 374 valence electrons. The lowest BCUT2D eigenvalue weighted by Gasteiger charge is -2.20. The topological polar surface area (TPSA) is 202 Å². The summed E-state index contributed by atoms with van der Waals surface area (Å²) in [5, 5.41) is 9.68. The molecule has 20 heteroatoms. The van der Waals surface area contributed by atoms with Crippen LogP contribution < -0.4 is 4.74 Å². The first-order valence-corrected chi connectivity index (χ1v) is 23.6. The first-order valence-electron chi connectivity index (χ1n) is 22.1. The number of aromatic hydroxyl groups is 1. The highest BCUT2D eigenvalue weighted by atomic mass is 32.2. The Balaban J connectivity index is 0.000000226. The number of benzene rings is 3. The maximum absolute atomic E-state index is 12.8. The van der Waals surface area contributed by atoms with Crippen molar-refractivity contribution in [2.75, 3.05) is 40.7 Å². The van der Waals surface area contributed by atoms with Crippen LogP contribution in [0.1, 0.15) is 127 Å². The zero-order valence-corrected chi connectivity index (χ0v) is 41.8. The normalized spacial score (nSPS) is 13.0. The molecule has 4 heterocycles. The van der Waals surface area contributed by atoms with Gasteiger partial charge in [-0.25, -0.2) is 23.9 Å². The van der Waals surface area contributed by atoms with Crippen molar-refractivity contribution < 1.29 is 59.9 Å². The first-order chi connectivity index (χ1) is 32.4. The van der Waals surface area contributed by atoms with E-state index in [4.69, 9.17) is 18.4 Å². The molecule has 0 atom stereocenters. The van der Waals surface area contributed by atoms with Crippen LogP contribution in [0.3, 0.4) is 0 Å². The standard InChI is InChI=1S/C19H22FN3O4.C17H19N3O4.C10H14O3S.C3H7F/c1-19(2,3)27-18(25)16-15-10-22(4)17(24)13-9-12(26-8-7-20)5-6-14(13)23(15)11-21-16;1-17(2,3)24-16(23)14-13-8-19(4)15(22)11-7-10(21)5-6-12(11)20(13)9-18-14;1-3-8-13-14(11,12)10-6-4-9(2)5-7-10;1-2-3-4/h5-6,9,11H,7-8,10H2,1-4H3;5-7,9,21H,8H2,1-4H3;4-7H,3,8H2,1-2H3;2-3H2,1H3/i20-1;;;4-1. The van der Waals surface area contributed by atoms with Gasteiger partial charge in [-0.2, -0.15) is 8.42 Å². The fourth-order valence-corrected chi connectivity index (χ4v) is 7.47. The summed E-state index contributed by atoms with van der Waals surface area (Å²) >= 11 is 0. The fraction of sp³-hybridized carbons (Fsp3) is 0.429. The van der Waals surface area contributed by atoms with Crippen LogP contribution in [0, 0.1) is 6.92 Å². The molecule has 2 aliphatic heterocycles. The number of fused-ring (bicyclic) bond motifs is 6. The molecule has 0 saturated carbocycles. The number of aromatic nitrogens is 4. The second-order valence-corrected chi connectivity index (χ2v) is 19.5. The lowest BCUT2D eigenvalue weighted by Crippen LogP contribution is -2.27. The number of hydrogen-bond acceptors (Lipinski definition) is 13. The number of alkyl halides is 2. The molecule has 2 amide bonds. The molecule has 0 unspecified atom stereocenters. The SMILES string of the molecule is CCCOS(=O)(=O)c1ccc(C)cc1.CCC[18F].CN1Cc2c(C(=O)OC(C)(C)C)ncn2-c2ccc(O)cc2C1=O.CN1Cc2c(C(=O)OC(C)(C)C)ncn2-c2ccc(OCC[18F])cc2C1=O. The lowest BCUT2D eigenvalue weighted by atomic mass is 10.1. The van der Waals surface area contributed by atoms with Crippen molar-refractivity contribution in [3.63, 3.8) is 0 Å². The molecule has 0 radical (unpaired) electrons. The maximum atomic E-state index is 12.8. The summed E-state index contributed by atoms with van der Waals surface area (Å²) in [6, 6.07) is 16.1. The number of imidazole rings is 2. The van der Waals surface area contributed by atoms with Gasteiger partial charge in [-0.15, -0.1) is 0 Å². The predicted octanol–water partition coefficient (Wildman–Crippen LogP) is 8.36. The summed E-state index contributed by atoms with van der Waals surface area (Å²) in [5.74, 6) is -1.12. The van der Waals surface area contributed by atoms with E-state index in [1.54, 1.807) is 120 Å². The summed E-state index contributed by atoms with van der Waals surface area (Å²) in [5.41, 5.74) is 3.13. The number of carbonyl (C=O) groups is 4. The summed E-state index contributed by atoms with van der Waals surface area (Å²) in [7, 11) is -0.261. The molecular weight excluding hydrogens is 917 g/mol. The Morgan fingerprint density at radius 3 is 1.59 bits per heavy atom. The minimum atomic E-state index is -3.54. The quantitative estimate of drug-likeness (QED) is 0.103. The van der Waals surface area contributed by atoms with E-state index in [2.05, 4.69) is 9.97 Å². The third-order valence-corrected chi connectivity index (χ3v) is 10.9. The minimum Gasteiger partial charge on any atom is -0.508 e. The molecule has 1 N–H and O–H groups in total.